The highest BCUT2D eigenvalue weighted by atomic mass is 32.2. The number of nitrogens with zero attached hydrogens (tertiary/aromatic N) is 2. The summed E-state index contributed by atoms with van der Waals surface area (Å²) in [6.07, 6.45) is -0.377. The van der Waals surface area contributed by atoms with Gasteiger partial charge in [-0.2, -0.15) is 0 Å². The van der Waals surface area contributed by atoms with E-state index in [1.165, 1.54) is 0 Å². The Hall–Kier alpha value is -3.25. The highest BCUT2D eigenvalue weighted by Gasteiger charge is 2.23. The summed E-state index contributed by atoms with van der Waals surface area (Å²) >= 11 is 1.57. The molecule has 0 spiro atoms. The van der Waals surface area contributed by atoms with Crippen molar-refractivity contribution in [2.24, 2.45) is 9.98 Å². The standard InChI is InChI=1S/C24H22N2O3S/c1-27-19-12-9-17(10-13-19)24-26-22(18-11-14-20(28-2)21(15-18)29-3)25-23(30-24)16-7-5-4-6-8-16/h4-15,22H,1-3H3/t22-/m1/s1. The fraction of sp³-hybridized carbons (Fsp3) is 0.167. The van der Waals surface area contributed by atoms with E-state index in [0.29, 0.717) is 11.5 Å². The van der Waals surface area contributed by atoms with Crippen LogP contribution in [0.4, 0.5) is 0 Å². The second-order valence-electron chi connectivity index (χ2n) is 6.55. The Kier molecular flexibility index (Phi) is 6.05. The van der Waals surface area contributed by atoms with Crippen LogP contribution in [0.25, 0.3) is 0 Å². The summed E-state index contributed by atoms with van der Waals surface area (Å²) in [4.78, 5) is 9.87. The van der Waals surface area contributed by atoms with Gasteiger partial charge < -0.3 is 14.2 Å². The van der Waals surface area contributed by atoms with E-state index in [-0.39, 0.29) is 6.17 Å². The van der Waals surface area contributed by atoms with Crippen LogP contribution >= 0.6 is 11.8 Å². The first-order valence-electron chi connectivity index (χ1n) is 9.47. The molecule has 4 rings (SSSR count). The van der Waals surface area contributed by atoms with Crippen molar-refractivity contribution in [3.05, 3.63) is 89.5 Å². The van der Waals surface area contributed by atoms with Crippen LogP contribution in [0, 0.1) is 0 Å². The number of benzene rings is 3. The van der Waals surface area contributed by atoms with Gasteiger partial charge in [-0.05, 0) is 48.2 Å². The average molecular weight is 419 g/mol. The minimum Gasteiger partial charge on any atom is -0.497 e. The molecule has 1 heterocycles. The Bertz CT molecular complexity index is 1080. The van der Waals surface area contributed by atoms with Gasteiger partial charge in [0.2, 0.25) is 0 Å². The second-order valence-corrected chi connectivity index (χ2v) is 7.53. The molecule has 0 radical (unpaired) electrons. The van der Waals surface area contributed by atoms with Crippen LogP contribution < -0.4 is 14.2 Å². The smallest absolute Gasteiger partial charge is 0.167 e. The van der Waals surface area contributed by atoms with Gasteiger partial charge in [-0.3, -0.25) is 0 Å². The molecule has 6 heteroatoms. The SMILES string of the molecule is COc1ccc(C2=N[C@H](c3ccc(OC)c(OC)c3)N=C(c3ccccc3)S2)cc1. The number of hydrogen-bond donors (Lipinski definition) is 0. The first-order chi connectivity index (χ1) is 14.7. The third-order valence-corrected chi connectivity index (χ3v) is 5.80. The van der Waals surface area contributed by atoms with Crippen molar-refractivity contribution >= 4 is 21.8 Å². The lowest BCUT2D eigenvalue weighted by Gasteiger charge is -2.21. The summed E-state index contributed by atoms with van der Waals surface area (Å²) < 4.78 is 16.1. The van der Waals surface area contributed by atoms with Crippen molar-refractivity contribution in [2.45, 2.75) is 6.17 Å². The summed E-state index contributed by atoms with van der Waals surface area (Å²) in [5, 5.41) is 1.84. The molecule has 0 fully saturated rings. The topological polar surface area (TPSA) is 52.4 Å². The van der Waals surface area contributed by atoms with Crippen LogP contribution in [0.1, 0.15) is 22.9 Å². The van der Waals surface area contributed by atoms with Crippen molar-refractivity contribution in [3.63, 3.8) is 0 Å². The van der Waals surface area contributed by atoms with Crippen molar-refractivity contribution < 1.29 is 14.2 Å². The van der Waals surface area contributed by atoms with Gasteiger partial charge in [0, 0.05) is 16.7 Å². The molecule has 0 saturated carbocycles. The molecule has 1 aliphatic rings. The zero-order valence-corrected chi connectivity index (χ0v) is 17.8. The van der Waals surface area contributed by atoms with Crippen molar-refractivity contribution in [2.75, 3.05) is 21.3 Å². The van der Waals surface area contributed by atoms with Gasteiger partial charge in [0.05, 0.1) is 21.3 Å². The van der Waals surface area contributed by atoms with E-state index in [2.05, 4.69) is 12.1 Å². The van der Waals surface area contributed by atoms with Crippen LogP contribution in [0.5, 0.6) is 17.2 Å². The Morgan fingerprint density at radius 1 is 0.667 bits per heavy atom. The van der Waals surface area contributed by atoms with Crippen LogP contribution in [0.3, 0.4) is 0 Å². The molecule has 3 aromatic rings. The molecule has 30 heavy (non-hydrogen) atoms. The molecular formula is C24H22N2O3S. The van der Waals surface area contributed by atoms with Crippen molar-refractivity contribution in [3.8, 4) is 17.2 Å². The van der Waals surface area contributed by atoms with Gasteiger partial charge in [0.15, 0.2) is 17.7 Å². The van der Waals surface area contributed by atoms with Crippen LogP contribution in [0.2, 0.25) is 0 Å². The molecule has 1 atom stereocenters. The van der Waals surface area contributed by atoms with Crippen LogP contribution in [-0.2, 0) is 0 Å². The van der Waals surface area contributed by atoms with E-state index in [0.717, 1.165) is 32.5 Å². The number of hydrogen-bond acceptors (Lipinski definition) is 6. The van der Waals surface area contributed by atoms with E-state index in [9.17, 15) is 0 Å². The average Bonchev–Trinajstić information content (AvgIpc) is 2.84. The van der Waals surface area contributed by atoms with Crippen molar-refractivity contribution in [1.82, 2.24) is 0 Å². The van der Waals surface area contributed by atoms with Gasteiger partial charge in [0.1, 0.15) is 15.8 Å². The zero-order valence-electron chi connectivity index (χ0n) is 17.0. The Balaban J connectivity index is 1.77. The number of rotatable bonds is 6. The van der Waals surface area contributed by atoms with E-state index in [1.807, 2.05) is 60.7 Å². The summed E-state index contributed by atoms with van der Waals surface area (Å²) in [5.41, 5.74) is 3.02. The zero-order chi connectivity index (χ0) is 20.9. The third kappa shape index (κ3) is 4.19. The third-order valence-electron chi connectivity index (χ3n) is 4.74. The molecule has 0 unspecified atom stereocenters. The van der Waals surface area contributed by atoms with Gasteiger partial charge in [0.25, 0.3) is 0 Å². The molecule has 0 N–H and O–H groups in total. The molecule has 3 aromatic carbocycles. The second kappa shape index (κ2) is 9.05. The number of thioether (sulfide) groups is 1. The molecule has 5 nitrogen and oxygen atoms in total. The number of ether oxygens (including phenoxy) is 3. The summed E-state index contributed by atoms with van der Waals surface area (Å²) in [6.45, 7) is 0. The minimum atomic E-state index is -0.377. The predicted octanol–water partition coefficient (Wildman–Crippen LogP) is 5.35. The predicted molar refractivity (Wildman–Crippen MR) is 122 cm³/mol. The molecule has 0 amide bonds. The van der Waals surface area contributed by atoms with Crippen LogP contribution in [0.15, 0.2) is 82.8 Å². The maximum absolute atomic E-state index is 5.48. The minimum absolute atomic E-state index is 0.377. The Labute approximate surface area is 180 Å². The first kappa shape index (κ1) is 20.0. The molecule has 1 aliphatic heterocycles. The highest BCUT2D eigenvalue weighted by molar-refractivity contribution is 8.27. The van der Waals surface area contributed by atoms with Gasteiger partial charge >= 0.3 is 0 Å². The quantitative estimate of drug-likeness (QED) is 0.541. The van der Waals surface area contributed by atoms with Gasteiger partial charge in [-0.25, -0.2) is 9.98 Å². The fourth-order valence-corrected chi connectivity index (χ4v) is 4.14. The van der Waals surface area contributed by atoms with Crippen LogP contribution in [-0.4, -0.2) is 31.4 Å². The normalized spacial score (nSPS) is 15.8. The molecule has 0 aliphatic carbocycles. The highest BCUT2D eigenvalue weighted by Crippen LogP contribution is 2.36. The summed E-state index contributed by atoms with van der Waals surface area (Å²) in [5.74, 6) is 2.15. The summed E-state index contributed by atoms with van der Waals surface area (Å²) in [7, 11) is 4.92. The largest absolute Gasteiger partial charge is 0.497 e. The van der Waals surface area contributed by atoms with E-state index >= 15 is 0 Å². The first-order valence-corrected chi connectivity index (χ1v) is 10.3. The maximum Gasteiger partial charge on any atom is 0.167 e. The number of aliphatic imine (C=N–C) groups is 2. The lowest BCUT2D eigenvalue weighted by Crippen LogP contribution is -2.12. The number of methoxy groups -OCH3 is 3. The molecule has 152 valence electrons. The lowest BCUT2D eigenvalue weighted by atomic mass is 10.1. The van der Waals surface area contributed by atoms with Gasteiger partial charge in [-0.1, -0.05) is 36.4 Å². The summed E-state index contributed by atoms with van der Waals surface area (Å²) in [6, 6.07) is 23.9. The Morgan fingerprint density at radius 2 is 1.30 bits per heavy atom. The van der Waals surface area contributed by atoms with E-state index in [4.69, 9.17) is 24.2 Å². The molecular weight excluding hydrogens is 396 g/mol. The Morgan fingerprint density at radius 3 is 1.90 bits per heavy atom. The molecule has 0 saturated heterocycles. The monoisotopic (exact) mass is 418 g/mol. The molecule has 0 bridgehead atoms. The lowest BCUT2D eigenvalue weighted by molar-refractivity contribution is 0.354. The fourth-order valence-electron chi connectivity index (χ4n) is 3.14. The molecule has 0 aromatic heterocycles. The van der Waals surface area contributed by atoms with Crippen molar-refractivity contribution in [1.29, 1.82) is 0 Å². The van der Waals surface area contributed by atoms with E-state index in [1.54, 1.807) is 33.1 Å². The van der Waals surface area contributed by atoms with E-state index < -0.39 is 0 Å². The van der Waals surface area contributed by atoms with Gasteiger partial charge in [-0.15, -0.1) is 0 Å². The maximum atomic E-state index is 5.48.